The van der Waals surface area contributed by atoms with Crippen molar-refractivity contribution in [3.8, 4) is 11.8 Å². The summed E-state index contributed by atoms with van der Waals surface area (Å²) in [5, 5.41) is 24.5. The van der Waals surface area contributed by atoms with Crippen LogP contribution in [0.5, 0.6) is 5.75 Å². The maximum Gasteiger partial charge on any atom is 0.338 e. The molecule has 0 atom stereocenters. The molecule has 0 saturated heterocycles. The highest BCUT2D eigenvalue weighted by Gasteiger charge is 2.11. The van der Waals surface area contributed by atoms with Gasteiger partial charge in [-0.15, -0.1) is 0 Å². The SMILES string of the molecule is CCOC(=O)c1ccc(NC(=O)/C(C#N)=C\Nc2cc(Cl)ccc2O)cc1. The van der Waals surface area contributed by atoms with Crippen molar-refractivity contribution in [3.05, 3.63) is 64.8 Å². The van der Waals surface area contributed by atoms with Crippen molar-refractivity contribution in [1.82, 2.24) is 0 Å². The number of nitrogens with zero attached hydrogens (tertiary/aromatic N) is 1. The lowest BCUT2D eigenvalue weighted by Crippen LogP contribution is -2.14. The quantitative estimate of drug-likeness (QED) is 0.302. The molecule has 0 spiro atoms. The van der Waals surface area contributed by atoms with E-state index in [1.54, 1.807) is 13.0 Å². The predicted octanol–water partition coefficient (Wildman–Crippen LogP) is 3.68. The average Bonchev–Trinajstić information content (AvgIpc) is 2.65. The summed E-state index contributed by atoms with van der Waals surface area (Å²) in [5.74, 6) is -1.20. The molecule has 0 aromatic heterocycles. The number of amides is 1. The minimum Gasteiger partial charge on any atom is -0.506 e. The number of halogens is 1. The van der Waals surface area contributed by atoms with Crippen molar-refractivity contribution >= 4 is 34.9 Å². The van der Waals surface area contributed by atoms with E-state index in [0.29, 0.717) is 16.3 Å². The van der Waals surface area contributed by atoms with E-state index >= 15 is 0 Å². The van der Waals surface area contributed by atoms with Gasteiger partial charge in [0.25, 0.3) is 5.91 Å². The molecule has 0 saturated carbocycles. The second-order valence-electron chi connectivity index (χ2n) is 5.23. The van der Waals surface area contributed by atoms with Crippen LogP contribution in [0, 0.1) is 11.3 Å². The Morgan fingerprint density at radius 3 is 2.59 bits per heavy atom. The number of anilines is 2. The lowest BCUT2D eigenvalue weighted by Gasteiger charge is -2.07. The van der Waals surface area contributed by atoms with Gasteiger partial charge < -0.3 is 20.5 Å². The topological polar surface area (TPSA) is 111 Å². The van der Waals surface area contributed by atoms with Crippen molar-refractivity contribution in [2.45, 2.75) is 6.92 Å². The summed E-state index contributed by atoms with van der Waals surface area (Å²) in [4.78, 5) is 23.8. The van der Waals surface area contributed by atoms with Gasteiger partial charge >= 0.3 is 5.97 Å². The largest absolute Gasteiger partial charge is 0.506 e. The number of hydrogen-bond acceptors (Lipinski definition) is 6. The summed E-state index contributed by atoms with van der Waals surface area (Å²) in [7, 11) is 0. The molecule has 2 aromatic carbocycles. The second-order valence-corrected chi connectivity index (χ2v) is 5.66. The molecule has 2 rings (SSSR count). The van der Waals surface area contributed by atoms with Crippen LogP contribution in [0.2, 0.25) is 5.02 Å². The van der Waals surface area contributed by atoms with E-state index in [1.807, 2.05) is 0 Å². The maximum absolute atomic E-state index is 12.2. The molecule has 138 valence electrons. The standard InChI is InChI=1S/C19H16ClN3O4/c1-2-27-19(26)12-3-6-15(7-4-12)23-18(25)13(10-21)11-22-16-9-14(20)5-8-17(16)24/h3-9,11,22,24H,2H2,1H3,(H,23,25)/b13-11-. The van der Waals surface area contributed by atoms with Crippen LogP contribution >= 0.6 is 11.6 Å². The lowest BCUT2D eigenvalue weighted by atomic mass is 10.2. The van der Waals surface area contributed by atoms with Gasteiger partial charge in [-0.2, -0.15) is 5.26 Å². The third kappa shape index (κ3) is 5.49. The van der Waals surface area contributed by atoms with Crippen LogP contribution in [-0.2, 0) is 9.53 Å². The van der Waals surface area contributed by atoms with Crippen molar-refractivity contribution in [2.75, 3.05) is 17.2 Å². The molecule has 1 amide bonds. The smallest absolute Gasteiger partial charge is 0.338 e. The van der Waals surface area contributed by atoms with Gasteiger partial charge in [0.15, 0.2) is 0 Å². The molecule has 2 aromatic rings. The van der Waals surface area contributed by atoms with Crippen LogP contribution in [0.25, 0.3) is 0 Å². The summed E-state index contributed by atoms with van der Waals surface area (Å²) in [6.07, 6.45) is 1.16. The Morgan fingerprint density at radius 2 is 1.96 bits per heavy atom. The Kier molecular flexibility index (Phi) is 6.80. The number of nitrogens with one attached hydrogen (secondary N) is 2. The number of hydrogen-bond donors (Lipinski definition) is 3. The first-order chi connectivity index (χ1) is 12.9. The van der Waals surface area contributed by atoms with Gasteiger partial charge in [0, 0.05) is 16.9 Å². The van der Waals surface area contributed by atoms with Crippen molar-refractivity contribution in [3.63, 3.8) is 0 Å². The number of esters is 1. The van der Waals surface area contributed by atoms with E-state index < -0.39 is 11.9 Å². The highest BCUT2D eigenvalue weighted by Crippen LogP contribution is 2.26. The molecule has 8 heteroatoms. The van der Waals surface area contributed by atoms with Gasteiger partial charge in [-0.1, -0.05) is 11.6 Å². The number of benzene rings is 2. The Bertz CT molecular complexity index is 918. The van der Waals surface area contributed by atoms with E-state index in [9.17, 15) is 20.0 Å². The molecule has 3 N–H and O–H groups in total. The number of carbonyl (C=O) groups excluding carboxylic acids is 2. The zero-order chi connectivity index (χ0) is 19.8. The van der Waals surface area contributed by atoms with Crippen LogP contribution in [-0.4, -0.2) is 23.6 Å². The Hall–Kier alpha value is -3.50. The van der Waals surface area contributed by atoms with E-state index in [0.717, 1.165) is 6.20 Å². The Balaban J connectivity index is 2.07. The van der Waals surface area contributed by atoms with Crippen LogP contribution < -0.4 is 10.6 Å². The maximum atomic E-state index is 12.2. The molecule has 27 heavy (non-hydrogen) atoms. The summed E-state index contributed by atoms with van der Waals surface area (Å²) >= 11 is 5.84. The monoisotopic (exact) mass is 385 g/mol. The van der Waals surface area contributed by atoms with Crippen LogP contribution in [0.4, 0.5) is 11.4 Å². The van der Waals surface area contributed by atoms with Crippen LogP contribution in [0.15, 0.2) is 54.2 Å². The van der Waals surface area contributed by atoms with Gasteiger partial charge in [-0.3, -0.25) is 4.79 Å². The summed E-state index contributed by atoms with van der Waals surface area (Å²) < 4.78 is 4.88. The number of phenolic OH excluding ortho intramolecular Hbond substituents is 1. The number of aromatic hydroxyl groups is 1. The normalized spacial score (nSPS) is 10.6. The molecule has 0 aliphatic carbocycles. The molecule has 0 unspecified atom stereocenters. The first kappa shape index (κ1) is 19.8. The van der Waals surface area contributed by atoms with Crippen molar-refractivity contribution in [2.24, 2.45) is 0 Å². The van der Waals surface area contributed by atoms with Crippen molar-refractivity contribution in [1.29, 1.82) is 5.26 Å². The van der Waals surface area contributed by atoms with Gasteiger partial charge in [-0.25, -0.2) is 4.79 Å². The molecule has 0 bridgehead atoms. The third-order valence-electron chi connectivity index (χ3n) is 3.35. The van der Waals surface area contributed by atoms with E-state index in [4.69, 9.17) is 16.3 Å². The van der Waals surface area contributed by atoms with Crippen molar-refractivity contribution < 1.29 is 19.4 Å². The predicted molar refractivity (Wildman–Crippen MR) is 101 cm³/mol. The fourth-order valence-electron chi connectivity index (χ4n) is 2.02. The lowest BCUT2D eigenvalue weighted by molar-refractivity contribution is -0.112. The highest BCUT2D eigenvalue weighted by molar-refractivity contribution is 6.30. The first-order valence-electron chi connectivity index (χ1n) is 7.88. The second kappa shape index (κ2) is 9.27. The van der Waals surface area contributed by atoms with Gasteiger partial charge in [-0.05, 0) is 49.4 Å². The molecule has 7 nitrogen and oxygen atoms in total. The molecule has 0 aliphatic heterocycles. The zero-order valence-corrected chi connectivity index (χ0v) is 15.1. The minimum atomic E-state index is -0.657. The third-order valence-corrected chi connectivity index (χ3v) is 3.58. The van der Waals surface area contributed by atoms with Gasteiger partial charge in [0.1, 0.15) is 17.4 Å². The Morgan fingerprint density at radius 1 is 1.26 bits per heavy atom. The number of rotatable bonds is 6. The summed E-state index contributed by atoms with van der Waals surface area (Å²) in [5.41, 5.74) is 0.787. The molecular weight excluding hydrogens is 370 g/mol. The molecule has 0 fully saturated rings. The molecule has 0 aliphatic rings. The fourth-order valence-corrected chi connectivity index (χ4v) is 2.20. The molecular formula is C19H16ClN3O4. The van der Waals surface area contributed by atoms with E-state index in [1.165, 1.54) is 42.5 Å². The zero-order valence-electron chi connectivity index (χ0n) is 14.3. The molecule has 0 heterocycles. The fraction of sp³-hybridized carbons (Fsp3) is 0.105. The molecule has 0 radical (unpaired) electrons. The number of nitriles is 1. The minimum absolute atomic E-state index is 0.0806. The average molecular weight is 386 g/mol. The number of carbonyl (C=O) groups is 2. The first-order valence-corrected chi connectivity index (χ1v) is 8.26. The number of phenols is 1. The van der Waals surface area contributed by atoms with Gasteiger partial charge in [0.2, 0.25) is 0 Å². The van der Waals surface area contributed by atoms with Gasteiger partial charge in [0.05, 0.1) is 17.9 Å². The highest BCUT2D eigenvalue weighted by atomic mass is 35.5. The summed E-state index contributed by atoms with van der Waals surface area (Å²) in [6, 6.07) is 12.2. The van der Waals surface area contributed by atoms with E-state index in [2.05, 4.69) is 10.6 Å². The summed E-state index contributed by atoms with van der Waals surface area (Å²) in [6.45, 7) is 1.97. The van der Waals surface area contributed by atoms with E-state index in [-0.39, 0.29) is 23.6 Å². The Labute approximate surface area is 160 Å². The van der Waals surface area contributed by atoms with Crippen LogP contribution in [0.3, 0.4) is 0 Å². The number of ether oxygens (including phenoxy) is 1. The van der Waals surface area contributed by atoms with Crippen LogP contribution in [0.1, 0.15) is 17.3 Å².